The summed E-state index contributed by atoms with van der Waals surface area (Å²) in [6.07, 6.45) is 1.18. The fraction of sp³-hybridized carbons (Fsp3) is 0.500. The van der Waals surface area contributed by atoms with Crippen molar-refractivity contribution >= 4 is 34.7 Å². The normalized spacial score (nSPS) is 10.2. The van der Waals surface area contributed by atoms with Crippen molar-refractivity contribution in [2.24, 2.45) is 0 Å². The number of hydrogen-bond acceptors (Lipinski definition) is 3. The van der Waals surface area contributed by atoms with Gasteiger partial charge in [-0.25, -0.2) is 4.98 Å². The Morgan fingerprint density at radius 1 is 1.80 bits per heavy atom. The van der Waals surface area contributed by atoms with Crippen LogP contribution in [-0.2, 0) is 0 Å². The second-order valence-electron chi connectivity index (χ2n) is 1.78. The highest BCUT2D eigenvalue weighted by atomic mass is 35.5. The molecule has 56 valence electrons. The first kappa shape index (κ1) is 8.37. The van der Waals surface area contributed by atoms with E-state index in [1.807, 2.05) is 5.38 Å². The number of rotatable bonds is 3. The van der Waals surface area contributed by atoms with Crippen LogP contribution in [0.15, 0.2) is 9.72 Å². The molecule has 0 aliphatic carbocycles. The molecule has 0 saturated heterocycles. The highest BCUT2D eigenvalue weighted by Gasteiger charge is 1.97. The predicted molar refractivity (Wildman–Crippen MR) is 48.1 cm³/mol. The fourth-order valence-corrected chi connectivity index (χ4v) is 2.42. The van der Waals surface area contributed by atoms with Gasteiger partial charge in [0.25, 0.3) is 0 Å². The molecule has 1 heterocycles. The van der Waals surface area contributed by atoms with E-state index in [2.05, 4.69) is 11.9 Å². The SMILES string of the molecule is CCCSc1nc(Cl)cs1. The molecule has 0 spiro atoms. The molecule has 0 aromatic carbocycles. The molecule has 0 radical (unpaired) electrons. The third-order valence-corrected chi connectivity index (χ3v) is 3.43. The van der Waals surface area contributed by atoms with Gasteiger partial charge in [-0.15, -0.1) is 11.3 Å². The van der Waals surface area contributed by atoms with Crippen LogP contribution in [0.5, 0.6) is 0 Å². The molecular formula is C6H8ClNS2. The van der Waals surface area contributed by atoms with Crippen molar-refractivity contribution in [3.8, 4) is 0 Å². The van der Waals surface area contributed by atoms with E-state index in [-0.39, 0.29) is 0 Å². The molecule has 0 bridgehead atoms. The second kappa shape index (κ2) is 4.21. The molecule has 10 heavy (non-hydrogen) atoms. The van der Waals surface area contributed by atoms with Crippen LogP contribution in [-0.4, -0.2) is 10.7 Å². The second-order valence-corrected chi connectivity index (χ2v) is 4.37. The fourth-order valence-electron chi connectivity index (χ4n) is 0.495. The van der Waals surface area contributed by atoms with Crippen LogP contribution >= 0.6 is 34.7 Å². The maximum absolute atomic E-state index is 5.63. The molecule has 0 aliphatic heterocycles. The molecule has 0 amide bonds. The number of thiazole rings is 1. The summed E-state index contributed by atoms with van der Waals surface area (Å²) in [6.45, 7) is 2.15. The Balaban J connectivity index is 2.42. The molecule has 4 heteroatoms. The third kappa shape index (κ3) is 2.48. The first-order valence-electron chi connectivity index (χ1n) is 3.06. The van der Waals surface area contributed by atoms with Crippen molar-refractivity contribution in [3.05, 3.63) is 10.5 Å². The molecule has 0 fully saturated rings. The Morgan fingerprint density at radius 2 is 2.60 bits per heavy atom. The Kier molecular flexibility index (Phi) is 3.52. The van der Waals surface area contributed by atoms with Gasteiger partial charge in [0.1, 0.15) is 5.15 Å². The molecule has 1 nitrogen and oxygen atoms in total. The summed E-state index contributed by atoms with van der Waals surface area (Å²) in [5.74, 6) is 1.13. The zero-order chi connectivity index (χ0) is 7.40. The van der Waals surface area contributed by atoms with Crippen LogP contribution in [0, 0.1) is 0 Å². The Morgan fingerprint density at radius 3 is 3.10 bits per heavy atom. The van der Waals surface area contributed by atoms with Gasteiger partial charge in [0.2, 0.25) is 0 Å². The van der Waals surface area contributed by atoms with Crippen molar-refractivity contribution < 1.29 is 0 Å². The van der Waals surface area contributed by atoms with Gasteiger partial charge in [0, 0.05) is 11.1 Å². The van der Waals surface area contributed by atoms with Gasteiger partial charge in [-0.1, -0.05) is 30.3 Å². The van der Waals surface area contributed by atoms with Gasteiger partial charge >= 0.3 is 0 Å². The maximum atomic E-state index is 5.63. The Bertz CT molecular complexity index is 199. The molecular weight excluding hydrogens is 186 g/mol. The molecule has 1 aromatic rings. The van der Waals surface area contributed by atoms with Crippen LogP contribution in [0.3, 0.4) is 0 Å². The van der Waals surface area contributed by atoms with Crippen LogP contribution in [0.4, 0.5) is 0 Å². The molecule has 0 aliphatic rings. The average molecular weight is 194 g/mol. The van der Waals surface area contributed by atoms with Gasteiger partial charge in [-0.05, 0) is 6.42 Å². The lowest BCUT2D eigenvalue weighted by molar-refractivity contribution is 1.10. The lowest BCUT2D eigenvalue weighted by Gasteiger charge is -1.89. The van der Waals surface area contributed by atoms with E-state index in [1.54, 1.807) is 23.1 Å². The minimum atomic E-state index is 0.614. The standard InChI is InChI=1S/C6H8ClNS2/c1-2-3-9-6-8-5(7)4-10-6/h4H,2-3H2,1H3. The summed E-state index contributed by atoms with van der Waals surface area (Å²) in [5, 5.41) is 2.48. The number of nitrogens with zero attached hydrogens (tertiary/aromatic N) is 1. The number of halogens is 1. The van der Waals surface area contributed by atoms with Gasteiger partial charge in [0.15, 0.2) is 4.34 Å². The molecule has 0 saturated carbocycles. The topological polar surface area (TPSA) is 12.9 Å². The van der Waals surface area contributed by atoms with E-state index in [0.717, 1.165) is 10.1 Å². The quantitative estimate of drug-likeness (QED) is 0.684. The van der Waals surface area contributed by atoms with Crippen LogP contribution < -0.4 is 0 Å². The first-order valence-corrected chi connectivity index (χ1v) is 5.31. The van der Waals surface area contributed by atoms with Crippen molar-refractivity contribution in [2.45, 2.75) is 17.7 Å². The summed E-state index contributed by atoms with van der Waals surface area (Å²) in [5.41, 5.74) is 0. The molecule has 0 atom stereocenters. The van der Waals surface area contributed by atoms with Gasteiger partial charge in [-0.3, -0.25) is 0 Å². The zero-order valence-electron chi connectivity index (χ0n) is 5.63. The van der Waals surface area contributed by atoms with E-state index in [9.17, 15) is 0 Å². The monoisotopic (exact) mass is 193 g/mol. The number of thioether (sulfide) groups is 1. The minimum Gasteiger partial charge on any atom is -0.218 e. The van der Waals surface area contributed by atoms with Gasteiger partial charge < -0.3 is 0 Å². The summed E-state index contributed by atoms with van der Waals surface area (Å²) >= 11 is 9.00. The molecule has 1 aromatic heterocycles. The Hall–Kier alpha value is 0.270. The summed E-state index contributed by atoms with van der Waals surface area (Å²) < 4.78 is 1.08. The highest BCUT2D eigenvalue weighted by molar-refractivity contribution is 8.01. The predicted octanol–water partition coefficient (Wildman–Crippen LogP) is 3.30. The smallest absolute Gasteiger partial charge is 0.151 e. The largest absolute Gasteiger partial charge is 0.218 e. The van der Waals surface area contributed by atoms with Crippen molar-refractivity contribution in [3.63, 3.8) is 0 Å². The summed E-state index contributed by atoms with van der Waals surface area (Å²) in [4.78, 5) is 4.10. The molecule has 0 N–H and O–H groups in total. The zero-order valence-corrected chi connectivity index (χ0v) is 8.02. The maximum Gasteiger partial charge on any atom is 0.151 e. The van der Waals surface area contributed by atoms with Crippen LogP contribution in [0.1, 0.15) is 13.3 Å². The minimum absolute atomic E-state index is 0.614. The van der Waals surface area contributed by atoms with E-state index in [1.165, 1.54) is 6.42 Å². The van der Waals surface area contributed by atoms with Crippen molar-refractivity contribution in [2.75, 3.05) is 5.75 Å². The summed E-state index contributed by atoms with van der Waals surface area (Å²) in [7, 11) is 0. The number of hydrogen-bond donors (Lipinski definition) is 0. The van der Waals surface area contributed by atoms with Crippen molar-refractivity contribution in [1.29, 1.82) is 0 Å². The summed E-state index contributed by atoms with van der Waals surface area (Å²) in [6, 6.07) is 0. The lowest BCUT2D eigenvalue weighted by atomic mass is 10.6. The van der Waals surface area contributed by atoms with E-state index >= 15 is 0 Å². The van der Waals surface area contributed by atoms with Gasteiger partial charge in [-0.2, -0.15) is 0 Å². The van der Waals surface area contributed by atoms with Crippen molar-refractivity contribution in [1.82, 2.24) is 4.98 Å². The van der Waals surface area contributed by atoms with Crippen LogP contribution in [0.2, 0.25) is 5.15 Å². The van der Waals surface area contributed by atoms with E-state index in [0.29, 0.717) is 5.15 Å². The van der Waals surface area contributed by atoms with E-state index in [4.69, 9.17) is 11.6 Å². The highest BCUT2D eigenvalue weighted by Crippen LogP contribution is 2.24. The Labute approximate surface area is 73.8 Å². The van der Waals surface area contributed by atoms with Crippen LogP contribution in [0.25, 0.3) is 0 Å². The molecule has 1 rings (SSSR count). The lowest BCUT2D eigenvalue weighted by Crippen LogP contribution is -1.72. The average Bonchev–Trinajstić information content (AvgIpc) is 2.31. The molecule has 0 unspecified atom stereocenters. The number of aromatic nitrogens is 1. The van der Waals surface area contributed by atoms with E-state index < -0.39 is 0 Å². The third-order valence-electron chi connectivity index (χ3n) is 0.885. The van der Waals surface area contributed by atoms with Gasteiger partial charge in [0.05, 0.1) is 0 Å². The first-order chi connectivity index (χ1) is 4.83.